The first-order chi connectivity index (χ1) is 6.52. The van der Waals surface area contributed by atoms with Crippen LogP contribution in [0.15, 0.2) is 18.2 Å². The molecule has 14 heavy (non-hydrogen) atoms. The normalized spacial score (nSPS) is 17.4. The van der Waals surface area contributed by atoms with Gasteiger partial charge in [-0.1, -0.05) is 26.0 Å². The van der Waals surface area contributed by atoms with E-state index in [0.717, 1.165) is 16.8 Å². The molecule has 0 saturated heterocycles. The summed E-state index contributed by atoms with van der Waals surface area (Å²) in [6, 6.07) is 5.74. The number of carbonyl (C=O) groups excluding carboxylic acids is 1. The van der Waals surface area contributed by atoms with Gasteiger partial charge in [-0.2, -0.15) is 0 Å². The van der Waals surface area contributed by atoms with Crippen LogP contribution in [0.25, 0.3) is 0 Å². The molecule has 72 valence electrons. The maximum Gasteiger partial charge on any atom is 0.160 e. The van der Waals surface area contributed by atoms with Gasteiger partial charge in [0, 0.05) is 16.7 Å². The van der Waals surface area contributed by atoms with Crippen LogP contribution in [0.1, 0.15) is 36.7 Å². The van der Waals surface area contributed by atoms with E-state index in [1.165, 1.54) is 0 Å². The third-order valence-electron chi connectivity index (χ3n) is 2.58. The van der Waals surface area contributed by atoms with Crippen LogP contribution < -0.4 is 5.32 Å². The summed E-state index contributed by atoms with van der Waals surface area (Å²) in [7, 11) is 0. The quantitative estimate of drug-likeness (QED) is 0.685. The highest BCUT2D eigenvalue weighted by molar-refractivity contribution is 5.98. The highest BCUT2D eigenvalue weighted by atomic mass is 16.1. The fraction of sp³-hybridized carbons (Fsp3) is 0.333. The van der Waals surface area contributed by atoms with Crippen LogP contribution in [-0.4, -0.2) is 5.78 Å². The lowest BCUT2D eigenvalue weighted by molar-refractivity contribution is 0.101. The molecule has 0 bridgehead atoms. The van der Waals surface area contributed by atoms with Crippen LogP contribution in [0.2, 0.25) is 0 Å². The average Bonchev–Trinajstić information content (AvgIpc) is 2.43. The lowest BCUT2D eigenvalue weighted by Gasteiger charge is -2.18. The molecule has 0 spiro atoms. The number of hydrogen-bond acceptors (Lipinski definition) is 2. The van der Waals surface area contributed by atoms with E-state index in [0.29, 0.717) is 0 Å². The van der Waals surface area contributed by atoms with Crippen molar-refractivity contribution in [2.24, 2.45) is 0 Å². The summed E-state index contributed by atoms with van der Waals surface area (Å²) < 4.78 is 0. The average molecular weight is 187 g/mol. The molecule has 0 aromatic heterocycles. The van der Waals surface area contributed by atoms with Crippen LogP contribution in [0.5, 0.6) is 0 Å². The summed E-state index contributed by atoms with van der Waals surface area (Å²) in [5.41, 5.74) is 2.68. The second-order valence-corrected chi connectivity index (χ2v) is 4.16. The van der Waals surface area contributed by atoms with Crippen molar-refractivity contribution in [3.8, 4) is 0 Å². The van der Waals surface area contributed by atoms with Crippen molar-refractivity contribution in [3.63, 3.8) is 0 Å². The third-order valence-corrected chi connectivity index (χ3v) is 2.58. The van der Waals surface area contributed by atoms with Gasteiger partial charge in [0.15, 0.2) is 5.78 Å². The van der Waals surface area contributed by atoms with Gasteiger partial charge in [-0.3, -0.25) is 4.79 Å². The van der Waals surface area contributed by atoms with E-state index in [1.807, 2.05) is 18.2 Å². The number of Topliss-reactive ketones (excluding diaryl/α,β-unsaturated/α-hetero) is 1. The molecule has 0 amide bonds. The molecular formula is C12H13NO. The molecule has 2 radical (unpaired) electrons. The predicted molar refractivity (Wildman–Crippen MR) is 56.3 cm³/mol. The molecule has 0 fully saturated rings. The predicted octanol–water partition coefficient (Wildman–Crippen LogP) is 2.63. The van der Waals surface area contributed by atoms with E-state index >= 15 is 0 Å². The van der Waals surface area contributed by atoms with E-state index in [-0.39, 0.29) is 11.2 Å². The van der Waals surface area contributed by atoms with Crippen LogP contribution in [0.3, 0.4) is 0 Å². The van der Waals surface area contributed by atoms with Crippen molar-refractivity contribution < 1.29 is 4.79 Å². The maximum atomic E-state index is 11.4. The number of carbonyl (C=O) groups is 1. The Balaban J connectivity index is 2.66. The summed E-state index contributed by atoms with van der Waals surface area (Å²) in [5, 5.41) is 3.08. The van der Waals surface area contributed by atoms with Gasteiger partial charge in [0.25, 0.3) is 0 Å². The first-order valence-electron chi connectivity index (χ1n) is 4.70. The fourth-order valence-corrected chi connectivity index (χ4v) is 1.91. The summed E-state index contributed by atoms with van der Waals surface area (Å²) in [6.45, 7) is 8.86. The zero-order chi connectivity index (χ0) is 10.3. The fourth-order valence-electron chi connectivity index (χ4n) is 1.91. The Labute approximate surface area is 84.3 Å². The highest BCUT2D eigenvalue weighted by Gasteiger charge is 2.33. The van der Waals surface area contributed by atoms with Gasteiger partial charge in [0.05, 0.1) is 6.54 Å². The monoisotopic (exact) mass is 187 g/mol. The Bertz CT molecular complexity index is 393. The zero-order valence-corrected chi connectivity index (χ0v) is 8.64. The minimum Gasteiger partial charge on any atom is -0.374 e. The van der Waals surface area contributed by atoms with Gasteiger partial charge in [-0.15, -0.1) is 0 Å². The highest BCUT2D eigenvalue weighted by Crippen LogP contribution is 2.40. The largest absolute Gasteiger partial charge is 0.374 e. The summed E-state index contributed by atoms with van der Waals surface area (Å²) in [5.74, 6) is 0.112. The van der Waals surface area contributed by atoms with E-state index in [4.69, 9.17) is 0 Å². The smallest absolute Gasteiger partial charge is 0.160 e. The molecule has 2 rings (SSSR count). The second-order valence-electron chi connectivity index (χ2n) is 4.16. The van der Waals surface area contributed by atoms with Gasteiger partial charge in [0.2, 0.25) is 0 Å². The maximum absolute atomic E-state index is 11.4. The van der Waals surface area contributed by atoms with Gasteiger partial charge in [-0.25, -0.2) is 0 Å². The van der Waals surface area contributed by atoms with Crippen LogP contribution in [0, 0.1) is 6.54 Å². The number of ketones is 1. The molecule has 2 heteroatoms. The van der Waals surface area contributed by atoms with Gasteiger partial charge in [-0.05, 0) is 18.6 Å². The van der Waals surface area contributed by atoms with E-state index in [1.54, 1.807) is 6.92 Å². The topological polar surface area (TPSA) is 29.1 Å². The molecule has 0 unspecified atom stereocenters. The first kappa shape index (κ1) is 9.25. The van der Waals surface area contributed by atoms with Crippen molar-refractivity contribution in [3.05, 3.63) is 35.9 Å². The summed E-state index contributed by atoms with van der Waals surface area (Å²) in [6.07, 6.45) is 0. The van der Waals surface area contributed by atoms with Gasteiger partial charge in [0.1, 0.15) is 0 Å². The number of benzene rings is 1. The SMILES string of the molecule is CC(=O)c1cccc2c1C(C)(C)[C]N2. The zero-order valence-electron chi connectivity index (χ0n) is 8.64. The van der Waals surface area contributed by atoms with Crippen LogP contribution in [0.4, 0.5) is 5.69 Å². The van der Waals surface area contributed by atoms with E-state index in [9.17, 15) is 4.79 Å². The molecule has 1 N–H and O–H groups in total. The van der Waals surface area contributed by atoms with Crippen molar-refractivity contribution >= 4 is 11.5 Å². The second kappa shape index (κ2) is 2.84. The third kappa shape index (κ3) is 1.22. The summed E-state index contributed by atoms with van der Waals surface area (Å²) >= 11 is 0. The van der Waals surface area contributed by atoms with Gasteiger partial charge >= 0.3 is 0 Å². The lowest BCUT2D eigenvalue weighted by Crippen LogP contribution is -2.16. The number of rotatable bonds is 1. The molecule has 1 aromatic rings. The Morgan fingerprint density at radius 2 is 2.14 bits per heavy atom. The molecule has 2 nitrogen and oxygen atoms in total. The number of fused-ring (bicyclic) bond motifs is 1. The lowest BCUT2D eigenvalue weighted by atomic mass is 9.83. The van der Waals surface area contributed by atoms with Crippen LogP contribution in [-0.2, 0) is 5.41 Å². The molecule has 1 heterocycles. The van der Waals surface area contributed by atoms with Crippen molar-refractivity contribution in [1.82, 2.24) is 0 Å². The molecule has 0 saturated carbocycles. The Kier molecular flexibility index (Phi) is 1.88. The summed E-state index contributed by atoms with van der Waals surface area (Å²) in [4.78, 5) is 11.4. The molecule has 1 aliphatic heterocycles. The van der Waals surface area contributed by atoms with Gasteiger partial charge < -0.3 is 5.32 Å². The molecule has 0 atom stereocenters. The van der Waals surface area contributed by atoms with E-state index < -0.39 is 0 Å². The minimum atomic E-state index is -0.183. The van der Waals surface area contributed by atoms with Crippen molar-refractivity contribution in [2.75, 3.05) is 5.32 Å². The standard InChI is InChI=1S/C12H13NO/c1-8(14)9-5-4-6-10-11(9)12(2,3)7-13-10/h4-6,13H,1-3H3. The van der Waals surface area contributed by atoms with Crippen molar-refractivity contribution in [1.29, 1.82) is 0 Å². The minimum absolute atomic E-state index is 0.112. The van der Waals surface area contributed by atoms with Crippen LogP contribution >= 0.6 is 0 Å². The van der Waals surface area contributed by atoms with E-state index in [2.05, 4.69) is 25.7 Å². The Morgan fingerprint density at radius 3 is 2.79 bits per heavy atom. The molecular weight excluding hydrogens is 174 g/mol. The van der Waals surface area contributed by atoms with Crippen molar-refractivity contribution in [2.45, 2.75) is 26.2 Å². The Hall–Kier alpha value is -1.31. The molecule has 1 aromatic carbocycles. The number of anilines is 1. The number of nitrogens with one attached hydrogen (secondary N) is 1. The molecule has 1 aliphatic rings. The Morgan fingerprint density at radius 1 is 1.43 bits per heavy atom. The number of hydrogen-bond donors (Lipinski definition) is 1. The molecule has 0 aliphatic carbocycles. The first-order valence-corrected chi connectivity index (χ1v) is 4.70.